The van der Waals surface area contributed by atoms with Crippen LogP contribution >= 0.6 is 0 Å². The number of hydrogen-bond donors (Lipinski definition) is 1. The molecule has 0 radical (unpaired) electrons. The SMILES string of the molecule is CC(CCCC(O)c1cocn1)C1CCC2C(=O)CCCC21C. The second kappa shape index (κ2) is 6.76. The van der Waals surface area contributed by atoms with E-state index >= 15 is 0 Å². The normalized spacial score (nSPS) is 33.4. The lowest BCUT2D eigenvalue weighted by Crippen LogP contribution is -2.39. The van der Waals surface area contributed by atoms with Crippen molar-refractivity contribution < 1.29 is 14.3 Å². The number of fused-ring (bicyclic) bond motifs is 1. The quantitative estimate of drug-likeness (QED) is 0.849. The van der Waals surface area contributed by atoms with Crippen LogP contribution in [0, 0.1) is 23.2 Å². The van der Waals surface area contributed by atoms with Crippen molar-refractivity contribution in [3.63, 3.8) is 0 Å². The van der Waals surface area contributed by atoms with Crippen molar-refractivity contribution in [1.82, 2.24) is 4.98 Å². The number of ketones is 1. The molecule has 4 nitrogen and oxygen atoms in total. The summed E-state index contributed by atoms with van der Waals surface area (Å²) in [6, 6.07) is 0. The predicted octanol–water partition coefficient (Wildman–Crippen LogP) is 4.30. The highest BCUT2D eigenvalue weighted by Crippen LogP contribution is 2.57. The second-order valence-corrected chi connectivity index (χ2v) is 7.90. The molecule has 2 aliphatic carbocycles. The molecule has 0 saturated heterocycles. The fourth-order valence-corrected chi connectivity index (χ4v) is 5.27. The molecule has 2 fully saturated rings. The summed E-state index contributed by atoms with van der Waals surface area (Å²) in [4.78, 5) is 16.2. The summed E-state index contributed by atoms with van der Waals surface area (Å²) in [5, 5.41) is 10.1. The maximum absolute atomic E-state index is 12.2. The van der Waals surface area contributed by atoms with Gasteiger partial charge in [-0.3, -0.25) is 4.79 Å². The molecule has 1 heterocycles. The minimum Gasteiger partial charge on any atom is -0.451 e. The van der Waals surface area contributed by atoms with Crippen molar-refractivity contribution in [2.24, 2.45) is 23.2 Å². The molecule has 128 valence electrons. The van der Waals surface area contributed by atoms with Crippen molar-refractivity contribution >= 4 is 5.78 Å². The molecule has 5 atom stereocenters. The van der Waals surface area contributed by atoms with Gasteiger partial charge < -0.3 is 9.52 Å². The monoisotopic (exact) mass is 319 g/mol. The highest BCUT2D eigenvalue weighted by atomic mass is 16.3. The van der Waals surface area contributed by atoms with E-state index < -0.39 is 6.10 Å². The van der Waals surface area contributed by atoms with Gasteiger partial charge in [-0.05, 0) is 49.4 Å². The Kier molecular flexibility index (Phi) is 4.90. The molecule has 0 spiro atoms. The molecule has 1 aromatic rings. The minimum absolute atomic E-state index is 0.222. The van der Waals surface area contributed by atoms with Crippen LogP contribution in [0.25, 0.3) is 0 Å². The fourth-order valence-electron chi connectivity index (χ4n) is 5.27. The number of hydrogen-bond acceptors (Lipinski definition) is 4. The zero-order valence-corrected chi connectivity index (χ0v) is 14.3. The van der Waals surface area contributed by atoms with Crippen LogP contribution in [-0.4, -0.2) is 15.9 Å². The zero-order valence-electron chi connectivity index (χ0n) is 14.3. The summed E-state index contributed by atoms with van der Waals surface area (Å²) < 4.78 is 4.92. The van der Waals surface area contributed by atoms with Crippen molar-refractivity contribution in [2.75, 3.05) is 0 Å². The van der Waals surface area contributed by atoms with Crippen LogP contribution in [0.3, 0.4) is 0 Å². The summed E-state index contributed by atoms with van der Waals surface area (Å²) in [7, 11) is 0. The Balaban J connectivity index is 1.52. The van der Waals surface area contributed by atoms with Crippen LogP contribution in [0.15, 0.2) is 17.1 Å². The maximum atomic E-state index is 12.2. The highest BCUT2D eigenvalue weighted by molar-refractivity contribution is 5.83. The van der Waals surface area contributed by atoms with E-state index in [2.05, 4.69) is 18.8 Å². The van der Waals surface area contributed by atoms with E-state index in [0.717, 1.165) is 38.5 Å². The Morgan fingerprint density at radius 2 is 2.26 bits per heavy atom. The molecule has 0 aliphatic heterocycles. The number of aliphatic hydroxyl groups excluding tert-OH is 1. The summed E-state index contributed by atoms with van der Waals surface area (Å²) in [6.07, 6.45) is 10.5. The lowest BCUT2D eigenvalue weighted by Gasteiger charge is -2.42. The highest BCUT2D eigenvalue weighted by Gasteiger charge is 2.52. The number of aliphatic hydroxyl groups is 1. The van der Waals surface area contributed by atoms with Gasteiger partial charge in [-0.25, -0.2) is 4.98 Å². The molecule has 4 heteroatoms. The standard InChI is InChI=1S/C19H29NO3/c1-13(5-3-6-18(22)16-11-23-12-20-16)14-8-9-15-17(21)7-4-10-19(14,15)2/h11-15,18,22H,3-10H2,1-2H3. The van der Waals surface area contributed by atoms with Crippen LogP contribution in [0.1, 0.15) is 77.0 Å². The van der Waals surface area contributed by atoms with Crippen molar-refractivity contribution in [1.29, 1.82) is 0 Å². The van der Waals surface area contributed by atoms with Crippen LogP contribution < -0.4 is 0 Å². The summed E-state index contributed by atoms with van der Waals surface area (Å²) >= 11 is 0. The zero-order chi connectivity index (χ0) is 16.4. The first-order valence-electron chi connectivity index (χ1n) is 9.11. The van der Waals surface area contributed by atoms with E-state index in [-0.39, 0.29) is 5.41 Å². The van der Waals surface area contributed by atoms with Gasteiger partial charge in [0.2, 0.25) is 0 Å². The number of rotatable bonds is 6. The molecule has 0 amide bonds. The third kappa shape index (κ3) is 3.23. The lowest BCUT2D eigenvalue weighted by molar-refractivity contribution is -0.130. The number of nitrogens with zero attached hydrogens (tertiary/aromatic N) is 1. The number of carbonyl (C=O) groups excluding carboxylic acids is 1. The van der Waals surface area contributed by atoms with Crippen molar-refractivity contribution in [3.8, 4) is 0 Å². The molecule has 0 aromatic carbocycles. The van der Waals surface area contributed by atoms with Gasteiger partial charge >= 0.3 is 0 Å². The van der Waals surface area contributed by atoms with Crippen LogP contribution in [0.2, 0.25) is 0 Å². The van der Waals surface area contributed by atoms with E-state index in [4.69, 9.17) is 4.42 Å². The summed E-state index contributed by atoms with van der Waals surface area (Å²) in [6.45, 7) is 4.69. The topological polar surface area (TPSA) is 63.3 Å². The van der Waals surface area contributed by atoms with Crippen molar-refractivity contribution in [3.05, 3.63) is 18.4 Å². The van der Waals surface area contributed by atoms with Gasteiger partial charge in [0.05, 0.1) is 6.10 Å². The van der Waals surface area contributed by atoms with Gasteiger partial charge in [-0.15, -0.1) is 0 Å². The molecule has 5 unspecified atom stereocenters. The Labute approximate surface area is 138 Å². The number of aromatic nitrogens is 1. The van der Waals surface area contributed by atoms with Gasteiger partial charge in [0, 0.05) is 12.3 Å². The minimum atomic E-state index is -0.524. The van der Waals surface area contributed by atoms with E-state index in [1.807, 2.05) is 0 Å². The maximum Gasteiger partial charge on any atom is 0.180 e. The van der Waals surface area contributed by atoms with Crippen LogP contribution in [0.5, 0.6) is 0 Å². The number of carbonyl (C=O) groups is 1. The smallest absolute Gasteiger partial charge is 0.180 e. The third-order valence-corrected chi connectivity index (χ3v) is 6.55. The molecule has 2 aliphatic rings. The van der Waals surface area contributed by atoms with Gasteiger partial charge in [-0.2, -0.15) is 0 Å². The largest absolute Gasteiger partial charge is 0.451 e. The van der Waals surface area contributed by atoms with Crippen LogP contribution in [0.4, 0.5) is 0 Å². The number of oxazole rings is 1. The molecule has 2 saturated carbocycles. The first-order chi connectivity index (χ1) is 11.0. The molecular weight excluding hydrogens is 290 g/mol. The van der Waals surface area contributed by atoms with Crippen molar-refractivity contribution in [2.45, 2.75) is 71.3 Å². The van der Waals surface area contributed by atoms with E-state index in [0.29, 0.717) is 29.2 Å². The first-order valence-corrected chi connectivity index (χ1v) is 9.11. The van der Waals surface area contributed by atoms with Gasteiger partial charge in [0.1, 0.15) is 17.7 Å². The second-order valence-electron chi connectivity index (χ2n) is 7.90. The van der Waals surface area contributed by atoms with E-state index in [9.17, 15) is 9.90 Å². The van der Waals surface area contributed by atoms with Gasteiger partial charge in [0.25, 0.3) is 0 Å². The molecule has 23 heavy (non-hydrogen) atoms. The Morgan fingerprint density at radius 1 is 1.43 bits per heavy atom. The molecule has 1 aromatic heterocycles. The average Bonchev–Trinajstić information content (AvgIpc) is 3.14. The first kappa shape index (κ1) is 16.7. The molecular formula is C19H29NO3. The van der Waals surface area contributed by atoms with E-state index in [1.165, 1.54) is 25.5 Å². The Hall–Kier alpha value is -1.16. The molecule has 0 bridgehead atoms. The summed E-state index contributed by atoms with van der Waals surface area (Å²) in [5.74, 6) is 2.08. The average molecular weight is 319 g/mol. The fraction of sp³-hybridized carbons (Fsp3) is 0.789. The molecule has 1 N–H and O–H groups in total. The third-order valence-electron chi connectivity index (χ3n) is 6.55. The van der Waals surface area contributed by atoms with E-state index in [1.54, 1.807) is 0 Å². The Morgan fingerprint density at radius 3 is 3.00 bits per heavy atom. The van der Waals surface area contributed by atoms with Crippen LogP contribution in [-0.2, 0) is 4.79 Å². The molecule has 3 rings (SSSR count). The lowest BCUT2D eigenvalue weighted by atomic mass is 9.62. The Bertz CT molecular complexity index is 527. The van der Waals surface area contributed by atoms with Gasteiger partial charge in [0.15, 0.2) is 6.39 Å². The summed E-state index contributed by atoms with van der Waals surface area (Å²) in [5.41, 5.74) is 0.850. The predicted molar refractivity (Wildman–Crippen MR) is 87.7 cm³/mol. The number of Topliss-reactive ketones (excluding diaryl/α,β-unsaturated/α-hetero) is 1. The van der Waals surface area contributed by atoms with Gasteiger partial charge in [-0.1, -0.05) is 26.7 Å².